The van der Waals surface area contributed by atoms with Crippen molar-refractivity contribution < 1.29 is 32.3 Å². The standard InChI is InChI=1S/C38H42N4O7S2/c1-25(26-10-6-5-7-11-26)40-20-22-41(23-21-40)30-13-8-12-28-35(30)38(45)42(37(28)44)29(27-15-16-31(48-2)32(24-27)49-3)14-9-19-39-36(43)33-17-18-34(50-33)51(4,46)47/h5-8,10-13,15-18,24-25,29H,9,14,19-23H2,1-4H3,(H,39,43)/t25-,29-/m1/s1. The molecule has 0 radical (unpaired) electrons. The van der Waals surface area contributed by atoms with Crippen molar-refractivity contribution in [2.75, 3.05) is 58.1 Å². The maximum Gasteiger partial charge on any atom is 0.264 e. The number of hydrogen-bond donors (Lipinski definition) is 1. The number of carbonyl (C=O) groups excluding carboxylic acids is 3. The molecular weight excluding hydrogens is 689 g/mol. The van der Waals surface area contributed by atoms with E-state index in [1.807, 2.05) is 24.3 Å². The van der Waals surface area contributed by atoms with Crippen molar-refractivity contribution in [3.63, 3.8) is 0 Å². The van der Waals surface area contributed by atoms with Gasteiger partial charge in [0.1, 0.15) is 4.21 Å². The Morgan fingerprint density at radius 3 is 2.25 bits per heavy atom. The zero-order valence-corrected chi connectivity index (χ0v) is 30.8. The molecule has 13 heteroatoms. The molecule has 3 heterocycles. The zero-order chi connectivity index (χ0) is 36.3. The largest absolute Gasteiger partial charge is 0.493 e. The number of carbonyl (C=O) groups is 3. The number of ether oxygens (including phenoxy) is 2. The Labute approximate surface area is 302 Å². The van der Waals surface area contributed by atoms with Crippen molar-refractivity contribution in [3.8, 4) is 11.5 Å². The van der Waals surface area contributed by atoms with Crippen molar-refractivity contribution in [2.24, 2.45) is 0 Å². The smallest absolute Gasteiger partial charge is 0.264 e. The number of benzene rings is 3. The molecule has 4 aromatic rings. The lowest BCUT2D eigenvalue weighted by molar-refractivity contribution is 0.0570. The number of thiophene rings is 1. The molecule has 0 aliphatic carbocycles. The van der Waals surface area contributed by atoms with Crippen LogP contribution in [0, 0.1) is 0 Å². The Hall–Kier alpha value is -4.72. The van der Waals surface area contributed by atoms with Gasteiger partial charge in [0.2, 0.25) is 0 Å². The van der Waals surface area contributed by atoms with E-state index in [1.54, 1.807) is 18.2 Å². The number of nitrogens with zero attached hydrogens (tertiary/aromatic N) is 3. The molecule has 1 aromatic heterocycles. The fraction of sp³-hybridized carbons (Fsp3) is 0.342. The van der Waals surface area contributed by atoms with Crippen LogP contribution in [0.3, 0.4) is 0 Å². The third-order valence-electron chi connectivity index (χ3n) is 9.62. The summed E-state index contributed by atoms with van der Waals surface area (Å²) in [5.74, 6) is -0.138. The number of piperazine rings is 1. The summed E-state index contributed by atoms with van der Waals surface area (Å²) >= 11 is 0.914. The predicted molar refractivity (Wildman–Crippen MR) is 197 cm³/mol. The average Bonchev–Trinajstić information content (AvgIpc) is 3.75. The lowest BCUT2D eigenvalue weighted by Crippen LogP contribution is -2.47. The summed E-state index contributed by atoms with van der Waals surface area (Å²) < 4.78 is 34.9. The lowest BCUT2D eigenvalue weighted by atomic mass is 9.99. The van der Waals surface area contributed by atoms with Crippen LogP contribution in [0.15, 0.2) is 83.1 Å². The maximum atomic E-state index is 14.4. The van der Waals surface area contributed by atoms with Gasteiger partial charge in [0.25, 0.3) is 17.7 Å². The highest BCUT2D eigenvalue weighted by molar-refractivity contribution is 7.92. The number of fused-ring (bicyclic) bond motifs is 1. The molecule has 268 valence electrons. The third kappa shape index (κ3) is 7.51. The maximum absolute atomic E-state index is 14.4. The average molecular weight is 731 g/mol. The molecule has 2 aliphatic heterocycles. The van der Waals surface area contributed by atoms with Gasteiger partial charge in [-0.25, -0.2) is 8.42 Å². The van der Waals surface area contributed by atoms with Crippen LogP contribution >= 0.6 is 11.3 Å². The van der Waals surface area contributed by atoms with Gasteiger partial charge in [0.15, 0.2) is 21.3 Å². The molecule has 0 saturated carbocycles. The highest BCUT2D eigenvalue weighted by atomic mass is 32.2. The minimum atomic E-state index is -3.42. The van der Waals surface area contributed by atoms with Gasteiger partial charge in [-0.1, -0.05) is 42.5 Å². The molecule has 0 bridgehead atoms. The topological polar surface area (TPSA) is 126 Å². The van der Waals surface area contributed by atoms with Crippen LogP contribution in [-0.2, 0) is 9.84 Å². The number of anilines is 1. The zero-order valence-electron chi connectivity index (χ0n) is 29.1. The fourth-order valence-corrected chi connectivity index (χ4v) is 8.70. The van der Waals surface area contributed by atoms with E-state index in [1.165, 1.54) is 36.8 Å². The minimum absolute atomic E-state index is 0.120. The molecule has 6 rings (SSSR count). The number of rotatable bonds is 13. The summed E-state index contributed by atoms with van der Waals surface area (Å²) in [5, 5.41) is 2.85. The summed E-state index contributed by atoms with van der Waals surface area (Å²) in [5.41, 5.74) is 3.48. The molecule has 1 N–H and O–H groups in total. The summed E-state index contributed by atoms with van der Waals surface area (Å²) in [4.78, 5) is 47.7. The van der Waals surface area contributed by atoms with Crippen LogP contribution in [0.25, 0.3) is 0 Å². The van der Waals surface area contributed by atoms with E-state index in [2.05, 4.69) is 46.3 Å². The summed E-state index contributed by atoms with van der Waals surface area (Å²) in [7, 11) is -0.350. The number of imide groups is 1. The molecule has 3 amide bonds. The first kappa shape index (κ1) is 36.1. The second-order valence-corrected chi connectivity index (χ2v) is 16.0. The molecule has 1 saturated heterocycles. The van der Waals surface area contributed by atoms with Gasteiger partial charge in [0, 0.05) is 45.0 Å². The van der Waals surface area contributed by atoms with Crippen LogP contribution in [0.4, 0.5) is 5.69 Å². The SMILES string of the molecule is COc1ccc([C@@H](CCCNC(=O)c2ccc(S(C)(=O)=O)s2)N2C(=O)c3cccc(N4CCN([C@H](C)c5ccccc5)CC4)c3C2=O)cc1OC. The van der Waals surface area contributed by atoms with E-state index >= 15 is 0 Å². The molecule has 2 aliphatic rings. The van der Waals surface area contributed by atoms with E-state index in [0.29, 0.717) is 54.1 Å². The molecule has 1 fully saturated rings. The monoisotopic (exact) mass is 730 g/mol. The Balaban J connectivity index is 1.21. The molecule has 0 unspecified atom stereocenters. The Morgan fingerprint density at radius 2 is 1.59 bits per heavy atom. The summed E-state index contributed by atoms with van der Waals surface area (Å²) in [6.45, 7) is 5.50. The predicted octanol–water partition coefficient (Wildman–Crippen LogP) is 5.60. The van der Waals surface area contributed by atoms with Crippen molar-refractivity contribution in [1.82, 2.24) is 15.1 Å². The van der Waals surface area contributed by atoms with Gasteiger partial charge < -0.3 is 19.7 Å². The Morgan fingerprint density at radius 1 is 0.863 bits per heavy atom. The van der Waals surface area contributed by atoms with Gasteiger partial charge in [0.05, 0.1) is 42.0 Å². The first-order chi connectivity index (χ1) is 24.5. The molecule has 11 nitrogen and oxygen atoms in total. The van der Waals surface area contributed by atoms with Crippen molar-refractivity contribution in [1.29, 1.82) is 0 Å². The van der Waals surface area contributed by atoms with E-state index in [0.717, 1.165) is 36.4 Å². The number of nitrogens with one attached hydrogen (secondary N) is 1. The summed E-state index contributed by atoms with van der Waals surface area (Å²) in [6, 6.07) is 23.7. The Kier molecular flexibility index (Phi) is 10.8. The second kappa shape index (κ2) is 15.3. The molecule has 0 spiro atoms. The fourth-order valence-electron chi connectivity index (χ4n) is 6.86. The molecule has 3 aromatic carbocycles. The van der Waals surface area contributed by atoms with Gasteiger partial charge in [-0.15, -0.1) is 11.3 Å². The minimum Gasteiger partial charge on any atom is -0.493 e. The van der Waals surface area contributed by atoms with Crippen LogP contribution in [0.1, 0.15) is 73.4 Å². The normalized spacial score (nSPS) is 16.2. The first-order valence-electron chi connectivity index (χ1n) is 16.9. The lowest BCUT2D eigenvalue weighted by Gasteiger charge is -2.39. The number of methoxy groups -OCH3 is 2. The van der Waals surface area contributed by atoms with E-state index in [4.69, 9.17) is 9.47 Å². The molecule has 51 heavy (non-hydrogen) atoms. The quantitative estimate of drug-likeness (QED) is 0.138. The van der Waals surface area contributed by atoms with E-state index < -0.39 is 15.9 Å². The molecule has 2 atom stereocenters. The van der Waals surface area contributed by atoms with Gasteiger partial charge in [-0.05, 0) is 67.3 Å². The van der Waals surface area contributed by atoms with Crippen LogP contribution in [0.2, 0.25) is 0 Å². The van der Waals surface area contributed by atoms with Gasteiger partial charge in [-0.2, -0.15) is 0 Å². The number of amides is 3. The van der Waals surface area contributed by atoms with Gasteiger partial charge in [-0.3, -0.25) is 24.2 Å². The highest BCUT2D eigenvalue weighted by Gasteiger charge is 2.43. The van der Waals surface area contributed by atoms with E-state index in [-0.39, 0.29) is 39.4 Å². The van der Waals surface area contributed by atoms with Crippen LogP contribution in [0.5, 0.6) is 11.5 Å². The Bertz CT molecular complexity index is 2020. The van der Waals surface area contributed by atoms with Crippen LogP contribution in [-0.4, -0.2) is 89.1 Å². The van der Waals surface area contributed by atoms with Crippen LogP contribution < -0.4 is 19.7 Å². The first-order valence-corrected chi connectivity index (χ1v) is 19.6. The second-order valence-electron chi connectivity index (χ2n) is 12.7. The van der Waals surface area contributed by atoms with Crippen molar-refractivity contribution >= 4 is 44.6 Å². The molecular formula is C38H42N4O7S2. The third-order valence-corrected chi connectivity index (χ3v) is 12.5. The van der Waals surface area contributed by atoms with Crippen molar-refractivity contribution in [2.45, 2.75) is 36.1 Å². The van der Waals surface area contributed by atoms with Crippen molar-refractivity contribution in [3.05, 3.63) is 106 Å². The van der Waals surface area contributed by atoms with Gasteiger partial charge >= 0.3 is 0 Å². The number of hydrogen-bond acceptors (Lipinski definition) is 10. The highest BCUT2D eigenvalue weighted by Crippen LogP contribution is 2.41. The summed E-state index contributed by atoms with van der Waals surface area (Å²) in [6.07, 6.45) is 1.88. The van der Waals surface area contributed by atoms with E-state index in [9.17, 15) is 22.8 Å². The number of sulfone groups is 1.